The van der Waals surface area contributed by atoms with Crippen LogP contribution in [0.5, 0.6) is 0 Å². The van der Waals surface area contributed by atoms with Crippen LogP contribution in [0.3, 0.4) is 0 Å². The Morgan fingerprint density at radius 2 is 2.04 bits per heavy atom. The Morgan fingerprint density at radius 3 is 2.79 bits per heavy atom. The Labute approximate surface area is 138 Å². The molecule has 0 fully saturated rings. The smallest absolute Gasteiger partial charge is 0.217 e. The number of nitrogens with zero attached hydrogens (tertiary/aromatic N) is 3. The molecule has 0 saturated carbocycles. The van der Waals surface area contributed by atoms with Crippen molar-refractivity contribution in [3.05, 3.63) is 74.3 Å². The number of fused-ring (bicyclic) bond motifs is 3. The number of amides is 1. The minimum absolute atomic E-state index is 0.0356. The molecule has 0 bridgehead atoms. The van der Waals surface area contributed by atoms with Crippen LogP contribution in [0.2, 0.25) is 0 Å². The summed E-state index contributed by atoms with van der Waals surface area (Å²) in [6, 6.07) is 12.5. The number of carbonyl (C=O) groups is 1. The minimum Gasteiger partial charge on any atom is -0.350 e. The summed E-state index contributed by atoms with van der Waals surface area (Å²) >= 11 is 0. The van der Waals surface area contributed by atoms with E-state index in [-0.39, 0.29) is 23.1 Å². The number of hydrogen-bond acceptors (Lipinski definition) is 3. The van der Waals surface area contributed by atoms with Gasteiger partial charge in [0.15, 0.2) is 5.43 Å². The lowest BCUT2D eigenvalue weighted by Crippen LogP contribution is -2.26. The number of rotatable bonds is 2. The van der Waals surface area contributed by atoms with Crippen molar-refractivity contribution in [2.24, 2.45) is 5.11 Å². The molecule has 2 aromatic carbocycles. The molecular formula is C18H16N4O2. The molecule has 0 saturated heterocycles. The zero-order valence-electron chi connectivity index (χ0n) is 13.2. The van der Waals surface area contributed by atoms with Gasteiger partial charge in [0.1, 0.15) is 0 Å². The van der Waals surface area contributed by atoms with Crippen molar-refractivity contribution in [2.45, 2.75) is 25.8 Å². The summed E-state index contributed by atoms with van der Waals surface area (Å²) in [6.45, 7) is 1.47. The van der Waals surface area contributed by atoms with Crippen LogP contribution in [0.25, 0.3) is 21.6 Å². The second-order valence-electron chi connectivity index (χ2n) is 5.73. The lowest BCUT2D eigenvalue weighted by atomic mass is 9.97. The lowest BCUT2D eigenvalue weighted by molar-refractivity contribution is -0.119. The number of aryl methyl sites for hydroxylation is 1. The minimum atomic E-state index is -0.347. The van der Waals surface area contributed by atoms with E-state index in [1.165, 1.54) is 13.0 Å². The zero-order chi connectivity index (χ0) is 17.1. The quantitative estimate of drug-likeness (QED) is 0.518. The largest absolute Gasteiger partial charge is 0.350 e. The third kappa shape index (κ3) is 3.00. The number of azide groups is 1. The maximum absolute atomic E-state index is 12.1. The highest BCUT2D eigenvalue weighted by molar-refractivity contribution is 5.77. The van der Waals surface area contributed by atoms with Gasteiger partial charge in [0.05, 0.1) is 11.7 Å². The summed E-state index contributed by atoms with van der Waals surface area (Å²) in [4.78, 5) is 26.5. The molecule has 0 radical (unpaired) electrons. The Kier molecular flexibility index (Phi) is 4.31. The first-order valence-electron chi connectivity index (χ1n) is 7.69. The fourth-order valence-electron chi connectivity index (χ4n) is 3.15. The highest BCUT2D eigenvalue weighted by atomic mass is 16.1. The van der Waals surface area contributed by atoms with Crippen LogP contribution in [-0.2, 0) is 11.2 Å². The summed E-state index contributed by atoms with van der Waals surface area (Å²) in [5.41, 5.74) is 12.3. The zero-order valence-corrected chi connectivity index (χ0v) is 13.2. The van der Waals surface area contributed by atoms with Crippen LogP contribution in [0, 0.1) is 0 Å². The van der Waals surface area contributed by atoms with Crippen LogP contribution in [0.4, 0.5) is 5.69 Å². The number of hydrogen-bond donors (Lipinski definition) is 1. The average molecular weight is 320 g/mol. The van der Waals surface area contributed by atoms with E-state index in [0.29, 0.717) is 6.42 Å². The predicted octanol–water partition coefficient (Wildman–Crippen LogP) is 3.78. The van der Waals surface area contributed by atoms with Crippen LogP contribution < -0.4 is 10.7 Å². The van der Waals surface area contributed by atoms with Gasteiger partial charge in [0.2, 0.25) is 5.91 Å². The number of nitrogens with one attached hydrogen (secondary N) is 1. The molecule has 1 amide bonds. The van der Waals surface area contributed by atoms with Gasteiger partial charge in [-0.25, -0.2) is 0 Å². The number of carbonyl (C=O) groups excluding carboxylic acids is 1. The molecule has 0 aliphatic heterocycles. The van der Waals surface area contributed by atoms with Gasteiger partial charge < -0.3 is 5.32 Å². The van der Waals surface area contributed by atoms with Gasteiger partial charge in [-0.3, -0.25) is 9.59 Å². The van der Waals surface area contributed by atoms with Crippen molar-refractivity contribution in [1.82, 2.24) is 5.32 Å². The van der Waals surface area contributed by atoms with E-state index in [1.54, 1.807) is 12.1 Å². The SMILES string of the molecule is CC(=O)N[C@H]1CCc2ccccc2-c2ccc(=O)c(N=[N+]=[N-])cc21. The molecule has 0 spiro atoms. The first-order valence-corrected chi connectivity index (χ1v) is 7.69. The molecular weight excluding hydrogens is 304 g/mol. The molecule has 6 nitrogen and oxygen atoms in total. The van der Waals surface area contributed by atoms with Gasteiger partial charge in [-0.2, -0.15) is 0 Å². The third-order valence-electron chi connectivity index (χ3n) is 4.17. The van der Waals surface area contributed by atoms with Crippen molar-refractivity contribution >= 4 is 11.6 Å². The molecule has 0 heterocycles. The van der Waals surface area contributed by atoms with Crippen molar-refractivity contribution in [1.29, 1.82) is 0 Å². The van der Waals surface area contributed by atoms with E-state index in [4.69, 9.17) is 5.53 Å². The van der Waals surface area contributed by atoms with Gasteiger partial charge in [-0.05, 0) is 52.8 Å². The maximum Gasteiger partial charge on any atom is 0.217 e. The number of benzene rings is 1. The Bertz CT molecular complexity index is 917. The average Bonchev–Trinajstić information content (AvgIpc) is 2.80. The Balaban J connectivity index is 2.32. The molecule has 1 N–H and O–H groups in total. The third-order valence-corrected chi connectivity index (χ3v) is 4.17. The second kappa shape index (κ2) is 6.56. The summed E-state index contributed by atoms with van der Waals surface area (Å²) < 4.78 is 0. The van der Waals surface area contributed by atoms with E-state index in [1.807, 2.05) is 18.2 Å². The van der Waals surface area contributed by atoms with Gasteiger partial charge in [-0.15, -0.1) is 0 Å². The molecule has 120 valence electrons. The van der Waals surface area contributed by atoms with E-state index in [9.17, 15) is 9.59 Å². The fraction of sp³-hybridized carbons (Fsp3) is 0.222. The predicted molar refractivity (Wildman–Crippen MR) is 91.8 cm³/mol. The molecule has 0 aromatic heterocycles. The molecule has 0 unspecified atom stereocenters. The highest BCUT2D eigenvalue weighted by Crippen LogP contribution is 2.37. The van der Waals surface area contributed by atoms with Crippen LogP contribution in [0.1, 0.15) is 30.5 Å². The van der Waals surface area contributed by atoms with Crippen LogP contribution in [0.15, 0.2) is 52.4 Å². The normalized spacial score (nSPS) is 15.3. The van der Waals surface area contributed by atoms with Crippen molar-refractivity contribution in [3.8, 4) is 11.1 Å². The van der Waals surface area contributed by atoms with E-state index < -0.39 is 0 Å². The van der Waals surface area contributed by atoms with Gasteiger partial charge >= 0.3 is 0 Å². The second-order valence-corrected chi connectivity index (χ2v) is 5.73. The molecule has 1 aliphatic carbocycles. The monoisotopic (exact) mass is 320 g/mol. The van der Waals surface area contributed by atoms with Crippen molar-refractivity contribution < 1.29 is 4.79 Å². The van der Waals surface area contributed by atoms with Crippen molar-refractivity contribution in [3.63, 3.8) is 0 Å². The van der Waals surface area contributed by atoms with Gasteiger partial charge in [0.25, 0.3) is 0 Å². The standard InChI is InChI=1S/C18H16N4O2/c1-11(23)20-16-8-6-12-4-2-3-5-13(12)14-7-9-18(24)17(21-22-19)10-15(14)16/h2-5,7,9-10,16H,6,8H2,1H3,(H,20,23)/t16-/m0/s1. The van der Waals surface area contributed by atoms with Gasteiger partial charge in [-0.1, -0.05) is 35.4 Å². The summed E-state index contributed by atoms with van der Waals surface area (Å²) in [7, 11) is 0. The molecule has 24 heavy (non-hydrogen) atoms. The molecule has 1 atom stereocenters. The first-order chi connectivity index (χ1) is 11.6. The molecule has 2 aromatic rings. The van der Waals surface area contributed by atoms with Crippen LogP contribution in [-0.4, -0.2) is 5.91 Å². The molecule has 1 aliphatic rings. The summed E-state index contributed by atoms with van der Waals surface area (Å²) in [6.07, 6.45) is 1.51. The van der Waals surface area contributed by atoms with Gasteiger partial charge in [0, 0.05) is 11.8 Å². The molecule has 6 heteroatoms. The highest BCUT2D eigenvalue weighted by Gasteiger charge is 2.22. The fourth-order valence-corrected chi connectivity index (χ4v) is 3.15. The van der Waals surface area contributed by atoms with E-state index in [0.717, 1.165) is 28.7 Å². The van der Waals surface area contributed by atoms with Crippen LogP contribution >= 0.6 is 0 Å². The lowest BCUT2D eigenvalue weighted by Gasteiger charge is -2.17. The summed E-state index contributed by atoms with van der Waals surface area (Å²) in [5.74, 6) is -0.143. The maximum atomic E-state index is 12.1. The molecule has 3 rings (SSSR count). The van der Waals surface area contributed by atoms with Crippen molar-refractivity contribution in [2.75, 3.05) is 0 Å². The summed E-state index contributed by atoms with van der Waals surface area (Å²) in [5, 5.41) is 6.45. The van der Waals surface area contributed by atoms with E-state index in [2.05, 4.69) is 21.4 Å². The first kappa shape index (κ1) is 15.8. The Hall–Kier alpha value is -3.11. The van der Waals surface area contributed by atoms with E-state index >= 15 is 0 Å². The Morgan fingerprint density at radius 1 is 1.25 bits per heavy atom. The topological polar surface area (TPSA) is 94.9 Å².